The summed E-state index contributed by atoms with van der Waals surface area (Å²) in [5.74, 6) is -2.36. The average Bonchev–Trinajstić information content (AvgIpc) is 2.30. The maximum absolute atomic E-state index is 11.8. The summed E-state index contributed by atoms with van der Waals surface area (Å²) >= 11 is 11.3. The molecule has 1 aromatic rings. The molecule has 0 spiro atoms. The zero-order valence-electron chi connectivity index (χ0n) is 9.59. The number of nitrogens with one attached hydrogen (secondary N) is 1. The highest BCUT2D eigenvalue weighted by Crippen LogP contribution is 2.29. The zero-order valence-corrected chi connectivity index (χ0v) is 11.9. The molecule has 0 radical (unpaired) electrons. The summed E-state index contributed by atoms with van der Waals surface area (Å²) in [6.45, 7) is -0.705. The molecule has 1 rings (SSSR count). The normalized spacial score (nSPS) is 11.3. The van der Waals surface area contributed by atoms with Crippen molar-refractivity contribution in [2.75, 3.05) is 6.61 Å². The fourth-order valence-electron chi connectivity index (χ4n) is 1.14. The quantitative estimate of drug-likeness (QED) is 0.639. The number of carbonyl (C=O) groups excluding carboxylic acids is 1. The number of aromatic carboxylic acids is 1. The van der Waals surface area contributed by atoms with Gasteiger partial charge in [-0.05, 0) is 12.1 Å². The molecular formula is C9H8Cl2N2O6S. The van der Waals surface area contributed by atoms with Crippen molar-refractivity contribution in [1.82, 2.24) is 4.89 Å². The maximum atomic E-state index is 11.8. The van der Waals surface area contributed by atoms with Crippen LogP contribution in [0.2, 0.25) is 10.0 Å². The molecule has 0 atom stereocenters. The van der Waals surface area contributed by atoms with Gasteiger partial charge >= 0.3 is 5.97 Å². The number of hydrogen-bond donors (Lipinski definition) is 3. The molecule has 0 saturated heterocycles. The first-order valence-electron chi connectivity index (χ1n) is 4.79. The average molecular weight is 343 g/mol. The van der Waals surface area contributed by atoms with Crippen LogP contribution in [0.1, 0.15) is 10.4 Å². The van der Waals surface area contributed by atoms with Crippen molar-refractivity contribution in [3.63, 3.8) is 0 Å². The van der Waals surface area contributed by atoms with Gasteiger partial charge in [-0.2, -0.15) is 0 Å². The third-order valence-corrected chi connectivity index (χ3v) is 3.88. The Hall–Kier alpha value is -1.39. The lowest BCUT2D eigenvalue weighted by atomic mass is 10.2. The van der Waals surface area contributed by atoms with Crippen LogP contribution in [-0.4, -0.2) is 32.0 Å². The van der Waals surface area contributed by atoms with Crippen molar-refractivity contribution in [2.45, 2.75) is 4.90 Å². The van der Waals surface area contributed by atoms with Crippen LogP contribution in [0.3, 0.4) is 0 Å². The van der Waals surface area contributed by atoms with Crippen molar-refractivity contribution in [2.24, 2.45) is 5.73 Å². The molecule has 0 heterocycles. The van der Waals surface area contributed by atoms with E-state index < -0.39 is 44.0 Å². The van der Waals surface area contributed by atoms with Crippen molar-refractivity contribution in [1.29, 1.82) is 0 Å². The third kappa shape index (κ3) is 4.05. The van der Waals surface area contributed by atoms with Crippen LogP contribution in [-0.2, 0) is 19.7 Å². The van der Waals surface area contributed by atoms with Crippen molar-refractivity contribution in [3.05, 3.63) is 27.7 Å². The van der Waals surface area contributed by atoms with E-state index in [-0.39, 0.29) is 5.02 Å². The van der Waals surface area contributed by atoms with Gasteiger partial charge in [0.2, 0.25) is 5.91 Å². The monoisotopic (exact) mass is 342 g/mol. The van der Waals surface area contributed by atoms with Gasteiger partial charge in [-0.3, -0.25) is 9.63 Å². The summed E-state index contributed by atoms with van der Waals surface area (Å²) in [6.07, 6.45) is 0. The Morgan fingerprint density at radius 2 is 1.95 bits per heavy atom. The molecule has 0 unspecified atom stereocenters. The van der Waals surface area contributed by atoms with Crippen LogP contribution in [0.4, 0.5) is 0 Å². The molecule has 0 fully saturated rings. The number of benzene rings is 1. The number of sulfonamides is 1. The summed E-state index contributed by atoms with van der Waals surface area (Å²) in [5, 5.41) is 8.18. The van der Waals surface area contributed by atoms with Gasteiger partial charge in [0.05, 0.1) is 10.6 Å². The van der Waals surface area contributed by atoms with Crippen molar-refractivity contribution < 1.29 is 28.0 Å². The molecule has 0 aliphatic rings. The van der Waals surface area contributed by atoms with Crippen LogP contribution in [0.25, 0.3) is 0 Å². The summed E-state index contributed by atoms with van der Waals surface area (Å²) in [5.41, 5.74) is 4.26. The number of carbonyl (C=O) groups is 2. The highest BCUT2D eigenvalue weighted by Gasteiger charge is 2.24. The van der Waals surface area contributed by atoms with E-state index in [2.05, 4.69) is 4.84 Å². The lowest BCUT2D eigenvalue weighted by molar-refractivity contribution is -0.123. The minimum absolute atomic E-state index is 0.151. The molecule has 4 N–H and O–H groups in total. The van der Waals surface area contributed by atoms with Crippen LogP contribution in [0.15, 0.2) is 17.0 Å². The summed E-state index contributed by atoms with van der Waals surface area (Å²) < 4.78 is 23.7. The number of primary amides is 1. The zero-order chi connectivity index (χ0) is 15.5. The Morgan fingerprint density at radius 3 is 2.45 bits per heavy atom. The fourth-order valence-corrected chi connectivity index (χ4v) is 2.85. The van der Waals surface area contributed by atoms with E-state index in [1.54, 1.807) is 4.89 Å². The standard InChI is InChI=1S/C9H8Cl2N2O6S/c10-4-1-5(9(15)16)8(11)6(2-4)20(17,18)13-19-3-7(12)14/h1-2,13H,3H2,(H2,12,14)(H,15,16). The molecule has 0 bridgehead atoms. The SMILES string of the molecule is NC(=O)CONS(=O)(=O)c1cc(Cl)cc(C(=O)O)c1Cl. The number of nitrogens with two attached hydrogens (primary N) is 1. The van der Waals surface area contributed by atoms with Gasteiger partial charge in [0.15, 0.2) is 0 Å². The third-order valence-electron chi connectivity index (χ3n) is 1.91. The molecule has 20 heavy (non-hydrogen) atoms. The minimum atomic E-state index is -4.32. The highest BCUT2D eigenvalue weighted by atomic mass is 35.5. The second kappa shape index (κ2) is 6.37. The molecular weight excluding hydrogens is 335 g/mol. The van der Waals surface area contributed by atoms with Gasteiger partial charge < -0.3 is 10.8 Å². The number of hydrogen-bond acceptors (Lipinski definition) is 5. The molecule has 11 heteroatoms. The maximum Gasteiger partial charge on any atom is 0.337 e. The molecule has 0 aliphatic heterocycles. The lowest BCUT2D eigenvalue weighted by Crippen LogP contribution is -2.29. The van der Waals surface area contributed by atoms with Gasteiger partial charge in [0, 0.05) is 5.02 Å². The van der Waals surface area contributed by atoms with Gasteiger partial charge in [0.1, 0.15) is 11.5 Å². The summed E-state index contributed by atoms with van der Waals surface area (Å²) in [7, 11) is -4.32. The Bertz CT molecular complexity index is 661. The van der Waals surface area contributed by atoms with Gasteiger partial charge in [-0.1, -0.05) is 28.1 Å². The number of amides is 1. The molecule has 110 valence electrons. The first kappa shape index (κ1) is 16.7. The van der Waals surface area contributed by atoms with E-state index in [1.807, 2.05) is 0 Å². The number of carboxylic acids is 1. The number of carboxylic acid groups (broad SMARTS) is 1. The summed E-state index contributed by atoms with van der Waals surface area (Å²) in [4.78, 5) is 26.7. The number of rotatable bonds is 6. The number of halogens is 2. The lowest BCUT2D eigenvalue weighted by Gasteiger charge is -2.10. The van der Waals surface area contributed by atoms with Gasteiger partial charge in [0.25, 0.3) is 10.0 Å². The predicted octanol–water partition coefficient (Wildman–Crippen LogP) is 0.387. The second-order valence-corrected chi connectivity index (χ2v) is 5.84. The Labute approximate surface area is 123 Å². The molecule has 0 aliphatic carbocycles. The van der Waals surface area contributed by atoms with E-state index in [1.165, 1.54) is 0 Å². The Kier molecular flexibility index (Phi) is 5.31. The van der Waals surface area contributed by atoms with Crippen LogP contribution < -0.4 is 10.6 Å². The first-order valence-corrected chi connectivity index (χ1v) is 7.03. The molecule has 1 amide bonds. The van der Waals surface area contributed by atoms with Gasteiger partial charge in [-0.25, -0.2) is 13.2 Å². The van der Waals surface area contributed by atoms with Crippen LogP contribution >= 0.6 is 23.2 Å². The topological polar surface area (TPSA) is 136 Å². The Balaban J connectivity index is 3.18. The molecule has 0 aromatic heterocycles. The second-order valence-electron chi connectivity index (χ2n) is 3.41. The summed E-state index contributed by atoms with van der Waals surface area (Å²) in [6, 6.07) is 1.93. The van der Waals surface area contributed by atoms with E-state index >= 15 is 0 Å². The van der Waals surface area contributed by atoms with Crippen molar-refractivity contribution >= 4 is 45.1 Å². The predicted molar refractivity (Wildman–Crippen MR) is 68.9 cm³/mol. The first-order chi connectivity index (χ1) is 9.15. The van der Waals surface area contributed by atoms with E-state index in [0.29, 0.717) is 0 Å². The molecule has 0 saturated carbocycles. The largest absolute Gasteiger partial charge is 0.478 e. The van der Waals surface area contributed by atoms with Gasteiger partial charge in [-0.15, -0.1) is 0 Å². The van der Waals surface area contributed by atoms with E-state index in [4.69, 9.17) is 34.0 Å². The Morgan fingerprint density at radius 1 is 1.35 bits per heavy atom. The van der Waals surface area contributed by atoms with E-state index in [9.17, 15) is 18.0 Å². The van der Waals surface area contributed by atoms with Crippen LogP contribution in [0, 0.1) is 0 Å². The smallest absolute Gasteiger partial charge is 0.337 e. The fraction of sp³-hybridized carbons (Fsp3) is 0.111. The van der Waals surface area contributed by atoms with Crippen LogP contribution in [0.5, 0.6) is 0 Å². The van der Waals surface area contributed by atoms with E-state index in [0.717, 1.165) is 12.1 Å². The van der Waals surface area contributed by atoms with Crippen molar-refractivity contribution in [3.8, 4) is 0 Å². The highest BCUT2D eigenvalue weighted by molar-refractivity contribution is 7.89. The minimum Gasteiger partial charge on any atom is -0.478 e. The molecule has 8 nitrogen and oxygen atoms in total. The molecule has 1 aromatic carbocycles.